The number of nitrogens with one attached hydrogen (secondary N) is 2. The molecule has 25 heavy (non-hydrogen) atoms. The minimum Gasteiger partial charge on any atom is -0.355 e. The van der Waals surface area contributed by atoms with Gasteiger partial charge in [0.25, 0.3) is 5.91 Å². The Balaban J connectivity index is 1.79. The number of hydrogen-bond acceptors (Lipinski definition) is 3. The normalized spacial score (nSPS) is 10.4. The highest BCUT2D eigenvalue weighted by Crippen LogP contribution is 2.22. The standard InChI is InChI=1S/C21H21N3O/c1-14-5-4-6-17(11-14)24-21(25)20-13-18(9-10-22-20)23-19-12-15(2)7-8-16(19)3/h4-13H,1-3H3,(H,22,23)(H,24,25). The van der Waals surface area contributed by atoms with Crippen LogP contribution in [0, 0.1) is 20.8 Å². The maximum absolute atomic E-state index is 12.4. The van der Waals surface area contributed by atoms with E-state index in [1.54, 1.807) is 12.3 Å². The summed E-state index contributed by atoms with van der Waals surface area (Å²) in [6.07, 6.45) is 1.64. The summed E-state index contributed by atoms with van der Waals surface area (Å²) in [5.74, 6) is -0.227. The van der Waals surface area contributed by atoms with Gasteiger partial charge in [0.05, 0.1) is 0 Å². The predicted octanol–water partition coefficient (Wildman–Crippen LogP) is 5.00. The third kappa shape index (κ3) is 4.23. The molecule has 4 nitrogen and oxygen atoms in total. The third-order valence-electron chi connectivity index (χ3n) is 3.94. The Morgan fingerprint density at radius 2 is 1.68 bits per heavy atom. The maximum atomic E-state index is 12.4. The molecule has 1 heterocycles. The van der Waals surface area contributed by atoms with Crippen molar-refractivity contribution in [3.05, 3.63) is 83.2 Å². The summed E-state index contributed by atoms with van der Waals surface area (Å²) >= 11 is 0. The Morgan fingerprint density at radius 3 is 2.48 bits per heavy atom. The lowest BCUT2D eigenvalue weighted by Crippen LogP contribution is -2.13. The van der Waals surface area contributed by atoms with Crippen LogP contribution >= 0.6 is 0 Å². The second-order valence-electron chi connectivity index (χ2n) is 6.20. The number of aryl methyl sites for hydroxylation is 3. The molecule has 0 spiro atoms. The van der Waals surface area contributed by atoms with Crippen molar-refractivity contribution in [2.45, 2.75) is 20.8 Å². The van der Waals surface area contributed by atoms with Crippen molar-refractivity contribution in [3.8, 4) is 0 Å². The van der Waals surface area contributed by atoms with Crippen LogP contribution in [0.4, 0.5) is 17.1 Å². The molecule has 2 N–H and O–H groups in total. The molecular formula is C21H21N3O. The third-order valence-corrected chi connectivity index (χ3v) is 3.94. The Kier molecular flexibility index (Phi) is 4.80. The molecule has 0 saturated heterocycles. The van der Waals surface area contributed by atoms with E-state index < -0.39 is 0 Å². The molecule has 0 aliphatic heterocycles. The summed E-state index contributed by atoms with van der Waals surface area (Å²) in [5, 5.41) is 6.24. The average Bonchev–Trinajstić information content (AvgIpc) is 2.58. The molecule has 0 aliphatic carbocycles. The maximum Gasteiger partial charge on any atom is 0.274 e. The number of carbonyl (C=O) groups excluding carboxylic acids is 1. The van der Waals surface area contributed by atoms with Crippen molar-refractivity contribution in [3.63, 3.8) is 0 Å². The lowest BCUT2D eigenvalue weighted by molar-refractivity contribution is 0.102. The highest BCUT2D eigenvalue weighted by Gasteiger charge is 2.09. The first-order valence-corrected chi connectivity index (χ1v) is 8.19. The molecule has 126 valence electrons. The molecular weight excluding hydrogens is 310 g/mol. The van der Waals surface area contributed by atoms with Crippen LogP contribution in [0.1, 0.15) is 27.2 Å². The van der Waals surface area contributed by atoms with E-state index in [-0.39, 0.29) is 5.91 Å². The zero-order valence-corrected chi connectivity index (χ0v) is 14.6. The van der Waals surface area contributed by atoms with Crippen LogP contribution in [0.2, 0.25) is 0 Å². The smallest absolute Gasteiger partial charge is 0.274 e. The van der Waals surface area contributed by atoms with Gasteiger partial charge < -0.3 is 10.6 Å². The average molecular weight is 331 g/mol. The largest absolute Gasteiger partial charge is 0.355 e. The zero-order valence-electron chi connectivity index (χ0n) is 14.6. The van der Waals surface area contributed by atoms with Gasteiger partial charge in [-0.3, -0.25) is 9.78 Å². The summed E-state index contributed by atoms with van der Waals surface area (Å²) in [7, 11) is 0. The van der Waals surface area contributed by atoms with Gasteiger partial charge in [-0.05, 0) is 67.8 Å². The van der Waals surface area contributed by atoms with Crippen LogP contribution in [-0.2, 0) is 0 Å². The second-order valence-corrected chi connectivity index (χ2v) is 6.20. The van der Waals surface area contributed by atoms with Gasteiger partial charge in [-0.2, -0.15) is 0 Å². The topological polar surface area (TPSA) is 54.0 Å². The first kappa shape index (κ1) is 16.7. The Labute approximate surface area is 147 Å². The van der Waals surface area contributed by atoms with Gasteiger partial charge in [0.2, 0.25) is 0 Å². The number of carbonyl (C=O) groups is 1. The molecule has 0 radical (unpaired) electrons. The fraction of sp³-hybridized carbons (Fsp3) is 0.143. The molecule has 0 atom stereocenters. The van der Waals surface area contributed by atoms with E-state index in [4.69, 9.17) is 0 Å². The number of amides is 1. The summed E-state index contributed by atoms with van der Waals surface area (Å²) in [5.41, 5.74) is 6.41. The Hall–Kier alpha value is -3.14. The summed E-state index contributed by atoms with van der Waals surface area (Å²) in [6, 6.07) is 17.5. The molecule has 1 amide bonds. The van der Waals surface area contributed by atoms with Gasteiger partial charge in [0, 0.05) is 23.3 Å². The fourth-order valence-corrected chi connectivity index (χ4v) is 2.58. The van der Waals surface area contributed by atoms with Crippen molar-refractivity contribution < 1.29 is 4.79 Å². The Morgan fingerprint density at radius 1 is 0.880 bits per heavy atom. The van der Waals surface area contributed by atoms with Gasteiger partial charge in [0.1, 0.15) is 5.69 Å². The van der Waals surface area contributed by atoms with Crippen molar-refractivity contribution in [2.24, 2.45) is 0 Å². The van der Waals surface area contributed by atoms with Gasteiger partial charge in [-0.25, -0.2) is 0 Å². The van der Waals surface area contributed by atoms with Crippen LogP contribution in [0.5, 0.6) is 0 Å². The number of pyridine rings is 1. The van der Waals surface area contributed by atoms with Crippen molar-refractivity contribution in [2.75, 3.05) is 10.6 Å². The predicted molar refractivity (Wildman–Crippen MR) is 103 cm³/mol. The highest BCUT2D eigenvalue weighted by molar-refractivity contribution is 6.03. The van der Waals surface area contributed by atoms with Gasteiger partial charge in [0.15, 0.2) is 0 Å². The van der Waals surface area contributed by atoms with Crippen LogP contribution in [0.15, 0.2) is 60.8 Å². The van der Waals surface area contributed by atoms with Crippen LogP contribution in [-0.4, -0.2) is 10.9 Å². The van der Waals surface area contributed by atoms with Gasteiger partial charge >= 0.3 is 0 Å². The fourth-order valence-electron chi connectivity index (χ4n) is 2.58. The quantitative estimate of drug-likeness (QED) is 0.707. The summed E-state index contributed by atoms with van der Waals surface area (Å²) in [4.78, 5) is 16.6. The summed E-state index contributed by atoms with van der Waals surface area (Å²) in [6.45, 7) is 6.09. The molecule has 3 aromatic rings. The number of aromatic nitrogens is 1. The lowest BCUT2D eigenvalue weighted by atomic mass is 10.1. The van der Waals surface area contributed by atoms with Gasteiger partial charge in [-0.15, -0.1) is 0 Å². The van der Waals surface area contributed by atoms with E-state index in [9.17, 15) is 4.79 Å². The van der Waals surface area contributed by atoms with Crippen LogP contribution in [0.25, 0.3) is 0 Å². The molecule has 4 heteroatoms. The molecule has 0 saturated carbocycles. The second kappa shape index (κ2) is 7.18. The van der Waals surface area contributed by atoms with E-state index in [0.717, 1.165) is 28.2 Å². The minimum atomic E-state index is -0.227. The number of anilines is 3. The molecule has 0 unspecified atom stereocenters. The molecule has 3 rings (SSSR count). The molecule has 0 bridgehead atoms. The Bertz CT molecular complexity index is 919. The number of hydrogen-bond donors (Lipinski definition) is 2. The zero-order chi connectivity index (χ0) is 17.8. The van der Waals surface area contributed by atoms with E-state index in [2.05, 4.69) is 40.7 Å². The van der Waals surface area contributed by atoms with E-state index in [1.807, 2.05) is 44.2 Å². The summed E-state index contributed by atoms with van der Waals surface area (Å²) < 4.78 is 0. The lowest BCUT2D eigenvalue weighted by Gasteiger charge is -2.11. The first-order valence-electron chi connectivity index (χ1n) is 8.19. The number of benzene rings is 2. The molecule has 2 aromatic carbocycles. The van der Waals surface area contributed by atoms with Crippen molar-refractivity contribution in [1.82, 2.24) is 4.98 Å². The highest BCUT2D eigenvalue weighted by atomic mass is 16.1. The monoisotopic (exact) mass is 331 g/mol. The van der Waals surface area contributed by atoms with E-state index in [1.165, 1.54) is 5.56 Å². The number of nitrogens with zero attached hydrogens (tertiary/aromatic N) is 1. The molecule has 0 fully saturated rings. The molecule has 1 aromatic heterocycles. The molecule has 0 aliphatic rings. The van der Waals surface area contributed by atoms with Crippen LogP contribution < -0.4 is 10.6 Å². The first-order chi connectivity index (χ1) is 12.0. The van der Waals surface area contributed by atoms with Gasteiger partial charge in [-0.1, -0.05) is 24.3 Å². The minimum absolute atomic E-state index is 0.227. The van der Waals surface area contributed by atoms with Crippen LogP contribution in [0.3, 0.4) is 0 Å². The van der Waals surface area contributed by atoms with Crippen molar-refractivity contribution >= 4 is 23.0 Å². The van der Waals surface area contributed by atoms with Crippen molar-refractivity contribution in [1.29, 1.82) is 0 Å². The number of rotatable bonds is 4. The van der Waals surface area contributed by atoms with E-state index in [0.29, 0.717) is 5.69 Å². The SMILES string of the molecule is Cc1cccc(NC(=O)c2cc(Nc3cc(C)ccc3C)ccn2)c1. The van der Waals surface area contributed by atoms with E-state index >= 15 is 0 Å².